The Bertz CT molecular complexity index is 570. The van der Waals surface area contributed by atoms with Gasteiger partial charge in [0.1, 0.15) is 0 Å². The summed E-state index contributed by atoms with van der Waals surface area (Å²) in [5, 5.41) is 3.51. The van der Waals surface area contributed by atoms with Crippen LogP contribution in [0.25, 0.3) is 0 Å². The highest BCUT2D eigenvalue weighted by Gasteiger charge is 2.25. The second kappa shape index (κ2) is 6.74. The van der Waals surface area contributed by atoms with Crippen molar-refractivity contribution in [3.63, 3.8) is 0 Å². The second-order valence-electron chi connectivity index (χ2n) is 5.39. The van der Waals surface area contributed by atoms with Crippen molar-refractivity contribution < 1.29 is 4.74 Å². The number of ether oxygens (including phenoxy) is 1. The quantitative estimate of drug-likeness (QED) is 0.933. The first kappa shape index (κ1) is 14.1. The number of nitrogens with zero attached hydrogens (tertiary/aromatic N) is 1. The van der Waals surface area contributed by atoms with E-state index in [0.717, 1.165) is 19.6 Å². The molecule has 0 spiro atoms. The number of anilines is 1. The number of hydrogen-bond donors (Lipinski definition) is 1. The first-order valence-corrected chi connectivity index (χ1v) is 7.49. The van der Waals surface area contributed by atoms with Crippen molar-refractivity contribution in [1.82, 2.24) is 5.32 Å². The molecule has 21 heavy (non-hydrogen) atoms. The molecule has 1 unspecified atom stereocenters. The molecule has 1 atom stereocenters. The summed E-state index contributed by atoms with van der Waals surface area (Å²) in [7, 11) is 1.75. The normalized spacial score (nSPS) is 18.7. The van der Waals surface area contributed by atoms with Crippen molar-refractivity contribution in [1.29, 1.82) is 0 Å². The molecule has 3 nitrogen and oxygen atoms in total. The maximum Gasteiger partial charge on any atom is 0.0733 e. The number of hydrogen-bond acceptors (Lipinski definition) is 3. The number of benzene rings is 2. The summed E-state index contributed by atoms with van der Waals surface area (Å²) >= 11 is 0. The zero-order valence-corrected chi connectivity index (χ0v) is 12.5. The van der Waals surface area contributed by atoms with E-state index in [2.05, 4.69) is 64.8 Å². The molecule has 1 aliphatic rings. The third-order valence-electron chi connectivity index (χ3n) is 4.03. The molecule has 0 saturated carbocycles. The molecule has 0 aliphatic carbocycles. The molecular weight excluding hydrogens is 260 g/mol. The van der Waals surface area contributed by atoms with Crippen LogP contribution in [0.1, 0.15) is 17.2 Å². The smallest absolute Gasteiger partial charge is 0.0733 e. The van der Waals surface area contributed by atoms with Crippen molar-refractivity contribution in [3.8, 4) is 0 Å². The van der Waals surface area contributed by atoms with Crippen LogP contribution in [0.4, 0.5) is 5.69 Å². The molecule has 1 aliphatic heterocycles. The van der Waals surface area contributed by atoms with Gasteiger partial charge in [-0.3, -0.25) is 0 Å². The monoisotopic (exact) mass is 282 g/mol. The van der Waals surface area contributed by atoms with Crippen molar-refractivity contribution in [3.05, 3.63) is 65.7 Å². The Hall–Kier alpha value is -1.84. The van der Waals surface area contributed by atoms with Crippen LogP contribution in [0, 0.1) is 0 Å². The van der Waals surface area contributed by atoms with Gasteiger partial charge in [0.15, 0.2) is 0 Å². The summed E-state index contributed by atoms with van der Waals surface area (Å²) in [4.78, 5) is 2.50. The highest BCUT2D eigenvalue weighted by atomic mass is 16.5. The minimum atomic E-state index is 0.373. The highest BCUT2D eigenvalue weighted by molar-refractivity contribution is 5.56. The van der Waals surface area contributed by atoms with Crippen molar-refractivity contribution >= 4 is 5.69 Å². The summed E-state index contributed by atoms with van der Waals surface area (Å²) in [5.74, 6) is 0. The average Bonchev–Trinajstić information content (AvgIpc) is 2.57. The molecule has 2 aromatic carbocycles. The van der Waals surface area contributed by atoms with Crippen LogP contribution >= 0.6 is 0 Å². The van der Waals surface area contributed by atoms with Gasteiger partial charge in [-0.2, -0.15) is 0 Å². The maximum absolute atomic E-state index is 5.36. The lowest BCUT2D eigenvalue weighted by Crippen LogP contribution is -2.46. The molecule has 0 aromatic heterocycles. The van der Waals surface area contributed by atoms with Crippen molar-refractivity contribution in [2.45, 2.75) is 12.6 Å². The van der Waals surface area contributed by atoms with Crippen LogP contribution in [0.15, 0.2) is 54.6 Å². The summed E-state index contributed by atoms with van der Waals surface area (Å²) in [6.45, 7) is 3.66. The molecule has 3 heteroatoms. The lowest BCUT2D eigenvalue weighted by atomic mass is 10.0. The number of para-hydroxylation sites is 1. The Morgan fingerprint density at radius 3 is 2.67 bits per heavy atom. The van der Waals surface area contributed by atoms with E-state index in [-0.39, 0.29) is 0 Å². The maximum atomic E-state index is 5.36. The Morgan fingerprint density at radius 1 is 1.10 bits per heavy atom. The van der Waals surface area contributed by atoms with Gasteiger partial charge >= 0.3 is 0 Å². The number of piperazine rings is 1. The molecule has 1 N–H and O–H groups in total. The Kier molecular flexibility index (Phi) is 4.53. The summed E-state index contributed by atoms with van der Waals surface area (Å²) in [5.41, 5.74) is 3.90. The Morgan fingerprint density at radius 2 is 1.86 bits per heavy atom. The molecule has 0 bridgehead atoms. The third kappa shape index (κ3) is 3.09. The van der Waals surface area contributed by atoms with E-state index in [9.17, 15) is 0 Å². The highest BCUT2D eigenvalue weighted by Crippen LogP contribution is 2.31. The average molecular weight is 282 g/mol. The minimum Gasteiger partial charge on any atom is -0.380 e. The van der Waals surface area contributed by atoms with E-state index in [1.807, 2.05) is 0 Å². The summed E-state index contributed by atoms with van der Waals surface area (Å²) < 4.78 is 5.36. The molecular formula is C18H22N2O. The SMILES string of the molecule is COCc1ccccc1N1CCNCC1c1ccccc1. The van der Waals surface area contributed by atoms with Crippen LogP contribution in [0.3, 0.4) is 0 Å². The van der Waals surface area contributed by atoms with E-state index in [0.29, 0.717) is 12.6 Å². The summed E-state index contributed by atoms with van der Waals surface area (Å²) in [6.07, 6.45) is 0. The fraction of sp³-hybridized carbons (Fsp3) is 0.333. The predicted molar refractivity (Wildman–Crippen MR) is 86.6 cm³/mol. The molecule has 0 amide bonds. The van der Waals surface area contributed by atoms with Gasteiger partial charge in [-0.1, -0.05) is 48.5 Å². The number of nitrogens with one attached hydrogen (secondary N) is 1. The van der Waals surface area contributed by atoms with Gasteiger partial charge in [-0.15, -0.1) is 0 Å². The van der Waals surface area contributed by atoms with Crippen LogP contribution in [0.5, 0.6) is 0 Å². The molecule has 0 radical (unpaired) electrons. The molecule has 1 saturated heterocycles. The fourth-order valence-electron chi connectivity index (χ4n) is 3.03. The van der Waals surface area contributed by atoms with Crippen LogP contribution < -0.4 is 10.2 Å². The molecule has 1 fully saturated rings. The standard InChI is InChI=1S/C18H22N2O/c1-21-14-16-9-5-6-10-17(16)20-12-11-19-13-18(20)15-7-3-2-4-8-15/h2-10,18-19H,11-14H2,1H3. The van der Waals surface area contributed by atoms with Crippen LogP contribution in [-0.2, 0) is 11.3 Å². The van der Waals surface area contributed by atoms with E-state index < -0.39 is 0 Å². The first-order valence-electron chi connectivity index (χ1n) is 7.49. The first-order chi connectivity index (χ1) is 10.4. The van der Waals surface area contributed by atoms with Gasteiger partial charge in [0.05, 0.1) is 12.6 Å². The molecule has 2 aromatic rings. The van der Waals surface area contributed by atoms with Crippen molar-refractivity contribution in [2.24, 2.45) is 0 Å². The lowest BCUT2D eigenvalue weighted by molar-refractivity contribution is 0.185. The Labute approximate surface area is 126 Å². The van der Waals surface area contributed by atoms with Gasteiger partial charge in [0.2, 0.25) is 0 Å². The molecule has 110 valence electrons. The van der Waals surface area contributed by atoms with Gasteiger partial charge in [0.25, 0.3) is 0 Å². The number of methoxy groups -OCH3 is 1. The van der Waals surface area contributed by atoms with Crippen LogP contribution in [0.2, 0.25) is 0 Å². The van der Waals surface area contributed by atoms with Crippen LogP contribution in [-0.4, -0.2) is 26.7 Å². The minimum absolute atomic E-state index is 0.373. The fourth-order valence-corrected chi connectivity index (χ4v) is 3.03. The lowest BCUT2D eigenvalue weighted by Gasteiger charge is -2.39. The molecule has 3 rings (SSSR count). The largest absolute Gasteiger partial charge is 0.380 e. The van der Waals surface area contributed by atoms with E-state index >= 15 is 0 Å². The van der Waals surface area contributed by atoms with Gasteiger partial charge in [-0.25, -0.2) is 0 Å². The predicted octanol–water partition coefficient (Wildman–Crippen LogP) is 2.98. The summed E-state index contributed by atoms with van der Waals surface area (Å²) in [6, 6.07) is 19.6. The van der Waals surface area contributed by atoms with Gasteiger partial charge < -0.3 is 15.0 Å². The molecule has 1 heterocycles. The van der Waals surface area contributed by atoms with E-state index in [4.69, 9.17) is 4.74 Å². The van der Waals surface area contributed by atoms with Gasteiger partial charge in [0, 0.05) is 38.0 Å². The zero-order valence-electron chi connectivity index (χ0n) is 12.5. The number of rotatable bonds is 4. The zero-order chi connectivity index (χ0) is 14.5. The van der Waals surface area contributed by atoms with Crippen molar-refractivity contribution in [2.75, 3.05) is 31.6 Å². The Balaban J connectivity index is 1.95. The second-order valence-corrected chi connectivity index (χ2v) is 5.39. The van der Waals surface area contributed by atoms with E-state index in [1.165, 1.54) is 16.8 Å². The third-order valence-corrected chi connectivity index (χ3v) is 4.03. The van der Waals surface area contributed by atoms with Gasteiger partial charge in [-0.05, 0) is 11.6 Å². The van der Waals surface area contributed by atoms with E-state index in [1.54, 1.807) is 7.11 Å². The topological polar surface area (TPSA) is 24.5 Å².